The van der Waals surface area contributed by atoms with Gasteiger partial charge in [-0.2, -0.15) is 0 Å². The minimum Gasteiger partial charge on any atom is -0.396 e. The molecule has 0 aliphatic carbocycles. The first-order valence-electron chi connectivity index (χ1n) is 5.57. The van der Waals surface area contributed by atoms with E-state index in [1.807, 2.05) is 32.0 Å². The van der Waals surface area contributed by atoms with E-state index < -0.39 is 0 Å². The van der Waals surface area contributed by atoms with Crippen LogP contribution in [0.15, 0.2) is 18.2 Å². The molecule has 0 unspecified atom stereocenters. The molecule has 16 heavy (non-hydrogen) atoms. The molecule has 88 valence electrons. The Bertz CT molecular complexity index is 361. The Morgan fingerprint density at radius 3 is 2.69 bits per heavy atom. The molecule has 0 atom stereocenters. The van der Waals surface area contributed by atoms with E-state index in [0.717, 1.165) is 11.1 Å². The van der Waals surface area contributed by atoms with Crippen LogP contribution in [0.2, 0.25) is 0 Å². The van der Waals surface area contributed by atoms with Crippen molar-refractivity contribution in [3.63, 3.8) is 0 Å². The number of carbonyl (C=O) groups excluding carboxylic acids is 1. The zero-order chi connectivity index (χ0) is 12.0. The van der Waals surface area contributed by atoms with Crippen molar-refractivity contribution in [1.29, 1.82) is 0 Å². The number of nitrogens with one attached hydrogen (secondary N) is 1. The molecule has 0 saturated carbocycles. The third-order valence-corrected chi connectivity index (χ3v) is 2.63. The van der Waals surface area contributed by atoms with E-state index in [1.165, 1.54) is 5.56 Å². The number of aliphatic hydroxyl groups is 1. The first kappa shape index (κ1) is 12.9. The van der Waals surface area contributed by atoms with Crippen molar-refractivity contribution in [2.75, 3.05) is 19.7 Å². The van der Waals surface area contributed by atoms with Crippen LogP contribution in [-0.2, 0) is 0 Å². The number of aliphatic hydroxyl groups excluding tert-OH is 1. The van der Waals surface area contributed by atoms with Gasteiger partial charge in [0.25, 0.3) is 0 Å². The molecule has 0 aromatic heterocycles. The molecule has 0 aliphatic rings. The fraction of sp³-hybridized carbons (Fsp3) is 0.462. The standard InChI is InChI=1S/C13H19NO2/c1-10-4-5-12(8-11(10)2)13(16)9-14-6-3-7-15/h4-5,8,14-15H,3,6-7,9H2,1-2H3. The molecule has 0 fully saturated rings. The summed E-state index contributed by atoms with van der Waals surface area (Å²) in [7, 11) is 0. The molecule has 3 heteroatoms. The van der Waals surface area contributed by atoms with Gasteiger partial charge in [0.2, 0.25) is 0 Å². The Morgan fingerprint density at radius 2 is 2.06 bits per heavy atom. The summed E-state index contributed by atoms with van der Waals surface area (Å²) < 4.78 is 0. The van der Waals surface area contributed by atoms with Gasteiger partial charge in [0.05, 0.1) is 6.54 Å². The lowest BCUT2D eigenvalue weighted by molar-refractivity contribution is 0.0990. The fourth-order valence-electron chi connectivity index (χ4n) is 1.42. The van der Waals surface area contributed by atoms with Crippen molar-refractivity contribution in [1.82, 2.24) is 5.32 Å². The van der Waals surface area contributed by atoms with Gasteiger partial charge in [-0.15, -0.1) is 0 Å². The average Bonchev–Trinajstić information content (AvgIpc) is 2.28. The number of hydrogen-bond donors (Lipinski definition) is 2. The molecule has 0 aliphatic heterocycles. The maximum Gasteiger partial charge on any atom is 0.176 e. The van der Waals surface area contributed by atoms with Gasteiger partial charge in [-0.05, 0) is 44.0 Å². The van der Waals surface area contributed by atoms with E-state index in [-0.39, 0.29) is 12.4 Å². The summed E-state index contributed by atoms with van der Waals surface area (Å²) in [5.74, 6) is 0.0982. The molecule has 0 saturated heterocycles. The molecular weight excluding hydrogens is 202 g/mol. The van der Waals surface area contributed by atoms with E-state index in [9.17, 15) is 4.79 Å². The van der Waals surface area contributed by atoms with Crippen molar-refractivity contribution in [2.45, 2.75) is 20.3 Å². The second kappa shape index (κ2) is 6.40. The predicted molar refractivity (Wildman–Crippen MR) is 64.8 cm³/mol. The lowest BCUT2D eigenvalue weighted by atomic mass is 10.0. The van der Waals surface area contributed by atoms with Gasteiger partial charge >= 0.3 is 0 Å². The van der Waals surface area contributed by atoms with Crippen LogP contribution in [0.4, 0.5) is 0 Å². The third kappa shape index (κ3) is 3.76. The van der Waals surface area contributed by atoms with Crippen LogP contribution in [0.25, 0.3) is 0 Å². The maximum atomic E-state index is 11.7. The van der Waals surface area contributed by atoms with Crippen molar-refractivity contribution < 1.29 is 9.90 Å². The first-order chi connectivity index (χ1) is 7.65. The Kier molecular flexibility index (Phi) is 5.15. The van der Waals surface area contributed by atoms with Crippen molar-refractivity contribution in [3.8, 4) is 0 Å². The van der Waals surface area contributed by atoms with Gasteiger partial charge in [0.1, 0.15) is 0 Å². The summed E-state index contributed by atoms with van der Waals surface area (Å²) in [6.45, 7) is 5.20. The van der Waals surface area contributed by atoms with E-state index in [2.05, 4.69) is 5.32 Å². The molecule has 0 spiro atoms. The van der Waals surface area contributed by atoms with Gasteiger partial charge in [-0.1, -0.05) is 12.1 Å². The highest BCUT2D eigenvalue weighted by Gasteiger charge is 2.05. The molecule has 1 aromatic rings. The SMILES string of the molecule is Cc1ccc(C(=O)CNCCCO)cc1C. The number of ketones is 1. The molecule has 1 aromatic carbocycles. The largest absolute Gasteiger partial charge is 0.396 e. The van der Waals surface area contributed by atoms with Crippen LogP contribution in [0.5, 0.6) is 0 Å². The van der Waals surface area contributed by atoms with E-state index in [4.69, 9.17) is 5.11 Å². The second-order valence-electron chi connectivity index (χ2n) is 3.98. The summed E-state index contributed by atoms with van der Waals surface area (Å²) in [5, 5.41) is 11.6. The normalized spacial score (nSPS) is 10.4. The number of carbonyl (C=O) groups is 1. The summed E-state index contributed by atoms with van der Waals surface area (Å²) >= 11 is 0. The third-order valence-electron chi connectivity index (χ3n) is 2.63. The lowest BCUT2D eigenvalue weighted by Crippen LogP contribution is -2.24. The fourth-order valence-corrected chi connectivity index (χ4v) is 1.42. The Hall–Kier alpha value is -1.19. The summed E-state index contributed by atoms with van der Waals surface area (Å²) in [4.78, 5) is 11.7. The van der Waals surface area contributed by atoms with Gasteiger partial charge < -0.3 is 10.4 Å². The van der Waals surface area contributed by atoms with Crippen LogP contribution < -0.4 is 5.32 Å². The van der Waals surface area contributed by atoms with Crippen LogP contribution >= 0.6 is 0 Å². The lowest BCUT2D eigenvalue weighted by Gasteiger charge is -2.05. The quantitative estimate of drug-likeness (QED) is 0.565. The van der Waals surface area contributed by atoms with Crippen molar-refractivity contribution in [3.05, 3.63) is 34.9 Å². The number of hydrogen-bond acceptors (Lipinski definition) is 3. The van der Waals surface area contributed by atoms with Crippen LogP contribution in [-0.4, -0.2) is 30.6 Å². The molecule has 0 heterocycles. The number of rotatable bonds is 6. The maximum absolute atomic E-state index is 11.7. The molecule has 3 nitrogen and oxygen atoms in total. The highest BCUT2D eigenvalue weighted by atomic mass is 16.3. The van der Waals surface area contributed by atoms with Gasteiger partial charge in [-0.3, -0.25) is 4.79 Å². The van der Waals surface area contributed by atoms with Crippen molar-refractivity contribution in [2.24, 2.45) is 0 Å². The van der Waals surface area contributed by atoms with E-state index in [1.54, 1.807) is 0 Å². The highest BCUT2D eigenvalue weighted by molar-refractivity contribution is 5.97. The minimum atomic E-state index is 0.0982. The van der Waals surface area contributed by atoms with E-state index in [0.29, 0.717) is 19.5 Å². The topological polar surface area (TPSA) is 49.3 Å². The number of aryl methyl sites for hydroxylation is 2. The highest BCUT2D eigenvalue weighted by Crippen LogP contribution is 2.09. The second-order valence-corrected chi connectivity index (χ2v) is 3.98. The monoisotopic (exact) mass is 221 g/mol. The first-order valence-corrected chi connectivity index (χ1v) is 5.57. The molecule has 0 radical (unpaired) electrons. The Balaban J connectivity index is 2.50. The predicted octanol–water partition coefficient (Wildman–Crippen LogP) is 1.46. The van der Waals surface area contributed by atoms with E-state index >= 15 is 0 Å². The van der Waals surface area contributed by atoms with Crippen molar-refractivity contribution >= 4 is 5.78 Å². The van der Waals surface area contributed by atoms with Crippen LogP contribution in [0.1, 0.15) is 27.9 Å². The van der Waals surface area contributed by atoms with Gasteiger partial charge in [0.15, 0.2) is 5.78 Å². The molecule has 2 N–H and O–H groups in total. The minimum absolute atomic E-state index is 0.0982. The molecular formula is C13H19NO2. The summed E-state index contributed by atoms with van der Waals surface area (Å²) in [6, 6.07) is 5.75. The number of Topliss-reactive ketones (excluding diaryl/α,β-unsaturated/α-hetero) is 1. The summed E-state index contributed by atoms with van der Waals surface area (Å²) in [5.41, 5.74) is 3.09. The summed E-state index contributed by atoms with van der Waals surface area (Å²) in [6.07, 6.45) is 0.681. The smallest absolute Gasteiger partial charge is 0.176 e. The zero-order valence-electron chi connectivity index (χ0n) is 9.92. The Morgan fingerprint density at radius 1 is 1.31 bits per heavy atom. The van der Waals surface area contributed by atoms with Gasteiger partial charge in [0, 0.05) is 12.2 Å². The Labute approximate surface area is 96.5 Å². The van der Waals surface area contributed by atoms with Crippen LogP contribution in [0, 0.1) is 13.8 Å². The zero-order valence-corrected chi connectivity index (χ0v) is 9.92. The van der Waals surface area contributed by atoms with Crippen LogP contribution in [0.3, 0.4) is 0 Å². The van der Waals surface area contributed by atoms with Gasteiger partial charge in [-0.25, -0.2) is 0 Å². The number of benzene rings is 1. The average molecular weight is 221 g/mol. The molecule has 0 bridgehead atoms. The molecule has 0 amide bonds. The molecule has 1 rings (SSSR count).